The number of aliphatic hydroxyl groups is 1. The molecule has 1 aliphatic rings. The van der Waals surface area contributed by atoms with E-state index in [-0.39, 0.29) is 30.5 Å². The Hall–Kier alpha value is -0.870. The highest BCUT2D eigenvalue weighted by molar-refractivity contribution is 5.81. The Morgan fingerprint density at radius 1 is 1.60 bits per heavy atom. The first kappa shape index (κ1) is 12.2. The van der Waals surface area contributed by atoms with E-state index in [0.717, 1.165) is 0 Å². The lowest BCUT2D eigenvalue weighted by Gasteiger charge is -2.28. The van der Waals surface area contributed by atoms with Gasteiger partial charge in [0.05, 0.1) is 12.5 Å². The molecule has 1 rings (SSSR count). The van der Waals surface area contributed by atoms with Gasteiger partial charge < -0.3 is 15.7 Å². The lowest BCUT2D eigenvalue weighted by molar-refractivity contribution is -0.136. The lowest BCUT2D eigenvalue weighted by Crippen LogP contribution is -2.42. The summed E-state index contributed by atoms with van der Waals surface area (Å²) in [5, 5.41) is 8.89. The Morgan fingerprint density at radius 2 is 2.27 bits per heavy atom. The molecule has 0 saturated heterocycles. The molecule has 0 spiro atoms. The van der Waals surface area contributed by atoms with Crippen molar-refractivity contribution in [2.24, 2.45) is 11.7 Å². The molecule has 0 saturated carbocycles. The van der Waals surface area contributed by atoms with Crippen molar-refractivity contribution in [3.63, 3.8) is 0 Å². The maximum Gasteiger partial charge on any atom is 0.229 e. The molecule has 0 heterocycles. The first-order valence-electron chi connectivity index (χ1n) is 5.41. The van der Waals surface area contributed by atoms with E-state index in [1.54, 1.807) is 4.90 Å². The van der Waals surface area contributed by atoms with E-state index >= 15 is 0 Å². The van der Waals surface area contributed by atoms with E-state index < -0.39 is 0 Å². The number of carbonyl (C=O) groups is 1. The number of hydrogen-bond acceptors (Lipinski definition) is 3. The van der Waals surface area contributed by atoms with Gasteiger partial charge in [0, 0.05) is 18.6 Å². The van der Waals surface area contributed by atoms with Crippen LogP contribution in [-0.2, 0) is 4.79 Å². The number of hydrogen-bond donors (Lipinski definition) is 2. The molecule has 0 radical (unpaired) electrons. The van der Waals surface area contributed by atoms with Crippen LogP contribution in [0.3, 0.4) is 0 Å². The number of carbonyl (C=O) groups excluding carboxylic acids is 1. The van der Waals surface area contributed by atoms with Crippen molar-refractivity contribution in [3.05, 3.63) is 12.2 Å². The van der Waals surface area contributed by atoms with Gasteiger partial charge in [-0.1, -0.05) is 12.2 Å². The maximum atomic E-state index is 12.0. The maximum absolute atomic E-state index is 12.0. The van der Waals surface area contributed by atoms with Crippen molar-refractivity contribution in [1.82, 2.24) is 4.90 Å². The summed E-state index contributed by atoms with van der Waals surface area (Å²) in [5.74, 6) is -0.0304. The smallest absolute Gasteiger partial charge is 0.229 e. The summed E-state index contributed by atoms with van der Waals surface area (Å²) in [7, 11) is 0. The minimum absolute atomic E-state index is 0.00193. The van der Waals surface area contributed by atoms with Crippen LogP contribution >= 0.6 is 0 Å². The van der Waals surface area contributed by atoms with Gasteiger partial charge in [0.2, 0.25) is 5.91 Å². The molecule has 0 aromatic rings. The van der Waals surface area contributed by atoms with E-state index in [1.807, 2.05) is 26.0 Å². The highest BCUT2D eigenvalue weighted by atomic mass is 16.3. The predicted octanol–water partition coefficient (Wildman–Crippen LogP) is 0.119. The molecule has 3 N–H and O–H groups in total. The van der Waals surface area contributed by atoms with Crippen LogP contribution in [0.4, 0.5) is 0 Å². The quantitative estimate of drug-likeness (QED) is 0.650. The highest BCUT2D eigenvalue weighted by Crippen LogP contribution is 2.19. The Balaban J connectivity index is 2.60. The molecule has 4 nitrogen and oxygen atoms in total. The second-order valence-electron chi connectivity index (χ2n) is 4.24. The summed E-state index contributed by atoms with van der Waals surface area (Å²) < 4.78 is 0. The Bertz CT molecular complexity index is 251. The highest BCUT2D eigenvalue weighted by Gasteiger charge is 2.27. The number of nitrogens with two attached hydrogens (primary N) is 1. The van der Waals surface area contributed by atoms with Crippen LogP contribution in [0.15, 0.2) is 12.2 Å². The largest absolute Gasteiger partial charge is 0.395 e. The van der Waals surface area contributed by atoms with Gasteiger partial charge in [0.1, 0.15) is 0 Å². The Labute approximate surface area is 90.7 Å². The van der Waals surface area contributed by atoms with Gasteiger partial charge in [-0.25, -0.2) is 0 Å². The summed E-state index contributed by atoms with van der Waals surface area (Å²) in [5.41, 5.74) is 5.71. The molecule has 0 bridgehead atoms. The fourth-order valence-electron chi connectivity index (χ4n) is 1.85. The summed E-state index contributed by atoms with van der Waals surface area (Å²) >= 11 is 0. The Kier molecular flexibility index (Phi) is 4.29. The summed E-state index contributed by atoms with van der Waals surface area (Å²) in [6.07, 6.45) is 4.44. The average molecular weight is 212 g/mol. The number of amides is 1. The molecule has 1 aliphatic carbocycles. The van der Waals surface area contributed by atoms with Crippen molar-refractivity contribution in [1.29, 1.82) is 0 Å². The van der Waals surface area contributed by atoms with Crippen molar-refractivity contribution in [2.45, 2.75) is 32.4 Å². The molecule has 0 aromatic heterocycles. The zero-order valence-electron chi connectivity index (χ0n) is 9.39. The third-order valence-corrected chi connectivity index (χ3v) is 2.68. The molecule has 2 unspecified atom stereocenters. The van der Waals surface area contributed by atoms with Crippen LogP contribution in [-0.4, -0.2) is 41.1 Å². The van der Waals surface area contributed by atoms with Gasteiger partial charge in [-0.3, -0.25) is 4.79 Å². The van der Waals surface area contributed by atoms with Gasteiger partial charge in [-0.05, 0) is 20.3 Å². The topological polar surface area (TPSA) is 66.6 Å². The Morgan fingerprint density at radius 3 is 2.67 bits per heavy atom. The second kappa shape index (κ2) is 5.28. The molecule has 0 aromatic carbocycles. The standard InChI is InChI=1S/C11H20N2O2/c1-8(2)13(5-6-14)11(15)9-3-4-10(12)7-9/h3-4,8-10,14H,5-7,12H2,1-2H3. The normalized spacial score (nSPS) is 24.9. The van der Waals surface area contributed by atoms with E-state index in [4.69, 9.17) is 10.8 Å². The summed E-state index contributed by atoms with van der Waals surface area (Å²) in [4.78, 5) is 13.7. The van der Waals surface area contributed by atoms with E-state index in [9.17, 15) is 4.79 Å². The van der Waals surface area contributed by atoms with E-state index in [1.165, 1.54) is 0 Å². The summed E-state index contributed by atoms with van der Waals surface area (Å²) in [6, 6.07) is 0.122. The zero-order chi connectivity index (χ0) is 11.4. The van der Waals surface area contributed by atoms with Crippen LogP contribution in [0, 0.1) is 5.92 Å². The van der Waals surface area contributed by atoms with Crippen molar-refractivity contribution >= 4 is 5.91 Å². The van der Waals surface area contributed by atoms with Crippen LogP contribution in [0.1, 0.15) is 20.3 Å². The molecule has 0 fully saturated rings. The van der Waals surface area contributed by atoms with Crippen molar-refractivity contribution < 1.29 is 9.90 Å². The summed E-state index contributed by atoms with van der Waals surface area (Å²) in [6.45, 7) is 4.31. The molecule has 2 atom stereocenters. The number of rotatable bonds is 4. The van der Waals surface area contributed by atoms with Gasteiger partial charge in [0.25, 0.3) is 0 Å². The molecule has 0 aliphatic heterocycles. The minimum atomic E-state index is -0.103. The molecule has 15 heavy (non-hydrogen) atoms. The molecular weight excluding hydrogens is 192 g/mol. The van der Waals surface area contributed by atoms with Crippen LogP contribution in [0.25, 0.3) is 0 Å². The van der Waals surface area contributed by atoms with Crippen LogP contribution in [0.2, 0.25) is 0 Å². The van der Waals surface area contributed by atoms with Crippen molar-refractivity contribution in [2.75, 3.05) is 13.2 Å². The number of aliphatic hydroxyl groups excluding tert-OH is 1. The minimum Gasteiger partial charge on any atom is -0.395 e. The molecule has 1 amide bonds. The molecule has 86 valence electrons. The molecule has 4 heteroatoms. The molecular formula is C11H20N2O2. The number of nitrogens with zero attached hydrogens (tertiary/aromatic N) is 1. The zero-order valence-corrected chi connectivity index (χ0v) is 9.39. The first-order valence-corrected chi connectivity index (χ1v) is 5.41. The lowest BCUT2D eigenvalue weighted by atomic mass is 10.1. The van der Waals surface area contributed by atoms with Crippen LogP contribution in [0.5, 0.6) is 0 Å². The monoisotopic (exact) mass is 212 g/mol. The SMILES string of the molecule is CC(C)N(CCO)C(=O)C1C=CC(N)C1. The average Bonchev–Trinajstić information content (AvgIpc) is 2.59. The van der Waals surface area contributed by atoms with Gasteiger partial charge in [-0.2, -0.15) is 0 Å². The van der Waals surface area contributed by atoms with Gasteiger partial charge in [-0.15, -0.1) is 0 Å². The fraction of sp³-hybridized carbons (Fsp3) is 0.727. The van der Waals surface area contributed by atoms with E-state index in [2.05, 4.69) is 0 Å². The first-order chi connectivity index (χ1) is 7.06. The second-order valence-corrected chi connectivity index (χ2v) is 4.24. The van der Waals surface area contributed by atoms with E-state index in [0.29, 0.717) is 13.0 Å². The van der Waals surface area contributed by atoms with Gasteiger partial charge in [0.15, 0.2) is 0 Å². The fourth-order valence-corrected chi connectivity index (χ4v) is 1.85. The van der Waals surface area contributed by atoms with Crippen molar-refractivity contribution in [3.8, 4) is 0 Å². The third kappa shape index (κ3) is 3.04. The predicted molar refractivity (Wildman–Crippen MR) is 59.2 cm³/mol. The van der Waals surface area contributed by atoms with Crippen LogP contribution < -0.4 is 5.73 Å². The van der Waals surface area contributed by atoms with Gasteiger partial charge >= 0.3 is 0 Å². The third-order valence-electron chi connectivity index (χ3n) is 2.68.